The molecule has 122 valence electrons. The van der Waals surface area contributed by atoms with Crippen molar-refractivity contribution < 1.29 is 9.64 Å². The molecule has 1 aliphatic rings. The summed E-state index contributed by atoms with van der Waals surface area (Å²) in [5.74, 6) is 0. The molecule has 1 fully saturated rings. The van der Waals surface area contributed by atoms with Crippen molar-refractivity contribution in [2.45, 2.75) is 33.2 Å². The topological polar surface area (TPSA) is 37.7 Å². The number of aryl methyl sites for hydroxylation is 2. The molecule has 2 rings (SSSR count). The van der Waals surface area contributed by atoms with Crippen LogP contribution < -0.4 is 15.5 Å². The molecule has 0 unspecified atom stereocenters. The van der Waals surface area contributed by atoms with Gasteiger partial charge in [0, 0.05) is 5.69 Å². The minimum atomic E-state index is 0.138. The second kappa shape index (κ2) is 7.40. The number of hydrogen-bond acceptors (Lipinski definition) is 2. The lowest BCUT2D eigenvalue weighted by Gasteiger charge is -2.37. The van der Waals surface area contributed by atoms with E-state index in [0.717, 1.165) is 38.5 Å². The summed E-state index contributed by atoms with van der Waals surface area (Å²) < 4.78 is 5.44. The van der Waals surface area contributed by atoms with E-state index in [1.165, 1.54) is 11.1 Å². The number of ether oxygens (including phenoxy) is 1. The van der Waals surface area contributed by atoms with Gasteiger partial charge in [0.15, 0.2) is 5.11 Å². The van der Waals surface area contributed by atoms with E-state index in [-0.39, 0.29) is 5.54 Å². The lowest BCUT2D eigenvalue weighted by Crippen LogP contribution is -3.22. The largest absolute Gasteiger partial charge is 0.370 e. The van der Waals surface area contributed by atoms with E-state index in [1.807, 2.05) is 0 Å². The maximum atomic E-state index is 5.44. The van der Waals surface area contributed by atoms with Gasteiger partial charge in [-0.15, -0.1) is 0 Å². The van der Waals surface area contributed by atoms with Crippen LogP contribution >= 0.6 is 12.2 Å². The third-order valence-corrected chi connectivity index (χ3v) is 4.76. The van der Waals surface area contributed by atoms with Crippen LogP contribution in [0.25, 0.3) is 0 Å². The molecule has 1 aliphatic heterocycles. The number of thiocarbonyl (C=S) groups is 1. The molecule has 5 heteroatoms. The van der Waals surface area contributed by atoms with Crippen molar-refractivity contribution in [3.05, 3.63) is 29.3 Å². The fourth-order valence-corrected chi connectivity index (χ4v) is 2.91. The maximum Gasteiger partial charge on any atom is 0.171 e. The molecule has 0 radical (unpaired) electrons. The second-order valence-electron chi connectivity index (χ2n) is 6.71. The fourth-order valence-electron chi connectivity index (χ4n) is 2.72. The van der Waals surface area contributed by atoms with Crippen LogP contribution in [0, 0.1) is 13.8 Å². The van der Waals surface area contributed by atoms with E-state index in [9.17, 15) is 0 Å². The molecule has 0 saturated carbocycles. The molecule has 3 N–H and O–H groups in total. The molecule has 1 heterocycles. The monoisotopic (exact) mass is 322 g/mol. The quantitative estimate of drug-likeness (QED) is 0.730. The van der Waals surface area contributed by atoms with Crippen molar-refractivity contribution >= 4 is 23.0 Å². The zero-order chi connectivity index (χ0) is 16.2. The summed E-state index contributed by atoms with van der Waals surface area (Å²) in [4.78, 5) is 1.57. The van der Waals surface area contributed by atoms with E-state index in [4.69, 9.17) is 17.0 Å². The van der Waals surface area contributed by atoms with Crippen LogP contribution in [-0.2, 0) is 4.74 Å². The van der Waals surface area contributed by atoms with Crippen LogP contribution in [0.2, 0.25) is 0 Å². The lowest BCUT2D eigenvalue weighted by molar-refractivity contribution is -0.954. The Kier molecular flexibility index (Phi) is 5.78. The summed E-state index contributed by atoms with van der Waals surface area (Å²) in [7, 11) is 0. The van der Waals surface area contributed by atoms with Gasteiger partial charge in [0.05, 0.1) is 19.8 Å². The molecule has 4 nitrogen and oxygen atoms in total. The average Bonchev–Trinajstić information content (AvgIpc) is 2.50. The van der Waals surface area contributed by atoms with Crippen LogP contribution in [0.15, 0.2) is 18.2 Å². The molecule has 0 spiro atoms. The van der Waals surface area contributed by atoms with Gasteiger partial charge in [-0.2, -0.15) is 0 Å². The van der Waals surface area contributed by atoms with Crippen molar-refractivity contribution in [1.29, 1.82) is 0 Å². The minimum absolute atomic E-state index is 0.138. The summed E-state index contributed by atoms with van der Waals surface area (Å²) in [6, 6.07) is 6.30. The summed E-state index contributed by atoms with van der Waals surface area (Å²) in [5, 5.41) is 7.32. The third-order valence-electron chi connectivity index (χ3n) is 4.51. The van der Waals surface area contributed by atoms with E-state index in [1.54, 1.807) is 4.90 Å². The first-order valence-corrected chi connectivity index (χ1v) is 8.34. The number of quaternary nitrogens is 1. The predicted octanol–water partition coefficient (Wildman–Crippen LogP) is 1.28. The molecular weight excluding hydrogens is 294 g/mol. The van der Waals surface area contributed by atoms with Crippen molar-refractivity contribution in [1.82, 2.24) is 5.32 Å². The molecule has 0 bridgehead atoms. The van der Waals surface area contributed by atoms with Crippen LogP contribution in [0.3, 0.4) is 0 Å². The molecule has 22 heavy (non-hydrogen) atoms. The van der Waals surface area contributed by atoms with Crippen LogP contribution in [0.1, 0.15) is 25.0 Å². The number of benzene rings is 1. The summed E-state index contributed by atoms with van der Waals surface area (Å²) in [5.41, 5.74) is 3.74. The van der Waals surface area contributed by atoms with Gasteiger partial charge in [-0.1, -0.05) is 6.07 Å². The van der Waals surface area contributed by atoms with Gasteiger partial charge in [-0.05, 0) is 63.2 Å². The average molecular weight is 322 g/mol. The van der Waals surface area contributed by atoms with E-state index >= 15 is 0 Å². The maximum absolute atomic E-state index is 5.44. The number of anilines is 1. The molecule has 0 aliphatic carbocycles. The highest BCUT2D eigenvalue weighted by Crippen LogP contribution is 2.13. The Balaban J connectivity index is 1.84. The normalized spacial score (nSPS) is 16.4. The molecule has 1 aromatic carbocycles. The van der Waals surface area contributed by atoms with Gasteiger partial charge in [0.25, 0.3) is 0 Å². The van der Waals surface area contributed by atoms with Gasteiger partial charge in [-0.25, -0.2) is 0 Å². The second-order valence-corrected chi connectivity index (χ2v) is 7.11. The Bertz CT molecular complexity index is 525. The van der Waals surface area contributed by atoms with Crippen molar-refractivity contribution in [2.75, 3.05) is 38.2 Å². The molecule has 0 aromatic heterocycles. The van der Waals surface area contributed by atoms with Gasteiger partial charge in [0.1, 0.15) is 18.6 Å². The summed E-state index contributed by atoms with van der Waals surface area (Å²) >= 11 is 5.43. The third kappa shape index (κ3) is 4.66. The minimum Gasteiger partial charge on any atom is -0.370 e. The SMILES string of the molecule is Cc1ccc(NC(=S)NCC(C)(C)[NH+]2CCOCC2)cc1C. The standard InChI is InChI=1S/C17H27N3OS/c1-13-5-6-15(11-14(13)2)19-16(22)18-12-17(3,4)20-7-9-21-10-8-20/h5-6,11H,7-10,12H2,1-4H3,(H2,18,19,22)/p+1. The summed E-state index contributed by atoms with van der Waals surface area (Å²) in [6.07, 6.45) is 0. The smallest absolute Gasteiger partial charge is 0.171 e. The van der Waals surface area contributed by atoms with E-state index in [0.29, 0.717) is 5.11 Å². The Morgan fingerprint density at radius 1 is 1.23 bits per heavy atom. The zero-order valence-electron chi connectivity index (χ0n) is 14.1. The fraction of sp³-hybridized carbons (Fsp3) is 0.588. The highest BCUT2D eigenvalue weighted by molar-refractivity contribution is 7.80. The first kappa shape index (κ1) is 17.2. The zero-order valence-corrected chi connectivity index (χ0v) is 14.9. The predicted molar refractivity (Wildman–Crippen MR) is 95.7 cm³/mol. The Morgan fingerprint density at radius 3 is 2.55 bits per heavy atom. The van der Waals surface area contributed by atoms with Crippen LogP contribution in [0.5, 0.6) is 0 Å². The van der Waals surface area contributed by atoms with Crippen molar-refractivity contribution in [3.63, 3.8) is 0 Å². The molecule has 1 saturated heterocycles. The van der Waals surface area contributed by atoms with Gasteiger partial charge >= 0.3 is 0 Å². The highest BCUT2D eigenvalue weighted by atomic mass is 32.1. The summed E-state index contributed by atoms with van der Waals surface area (Å²) in [6.45, 7) is 13.5. The van der Waals surface area contributed by atoms with Gasteiger partial charge in [-0.3, -0.25) is 0 Å². The molecule has 1 aromatic rings. The van der Waals surface area contributed by atoms with Crippen LogP contribution in [0.4, 0.5) is 5.69 Å². The Labute approximate surface area is 139 Å². The van der Waals surface area contributed by atoms with Crippen LogP contribution in [-0.4, -0.2) is 43.5 Å². The first-order chi connectivity index (χ1) is 10.4. The number of hydrogen-bond donors (Lipinski definition) is 3. The molecule has 0 atom stereocenters. The number of morpholine rings is 1. The van der Waals surface area contributed by atoms with Crippen molar-refractivity contribution in [3.8, 4) is 0 Å². The first-order valence-electron chi connectivity index (χ1n) is 7.93. The van der Waals surface area contributed by atoms with E-state index in [2.05, 4.69) is 56.5 Å². The van der Waals surface area contributed by atoms with E-state index < -0.39 is 0 Å². The molecular formula is C17H28N3OS+. The number of rotatable bonds is 4. The Hall–Kier alpha value is -1.17. The number of nitrogens with one attached hydrogen (secondary N) is 3. The molecule has 0 amide bonds. The van der Waals surface area contributed by atoms with Gasteiger partial charge < -0.3 is 20.3 Å². The highest BCUT2D eigenvalue weighted by Gasteiger charge is 2.32. The Morgan fingerprint density at radius 2 is 1.91 bits per heavy atom. The van der Waals surface area contributed by atoms with Crippen molar-refractivity contribution in [2.24, 2.45) is 0 Å². The van der Waals surface area contributed by atoms with Gasteiger partial charge in [0.2, 0.25) is 0 Å². The lowest BCUT2D eigenvalue weighted by atomic mass is 10.0.